The number of anilines is 1. The van der Waals surface area contributed by atoms with Crippen molar-refractivity contribution in [1.29, 1.82) is 0 Å². The molecule has 0 saturated heterocycles. The number of oxazole rings is 1. The first-order valence-electron chi connectivity index (χ1n) is 9.47. The van der Waals surface area contributed by atoms with Gasteiger partial charge in [0.15, 0.2) is 22.2 Å². The summed E-state index contributed by atoms with van der Waals surface area (Å²) in [6, 6.07) is 15.9. The highest BCUT2D eigenvalue weighted by molar-refractivity contribution is 7.80. The minimum atomic E-state index is -0.514. The van der Waals surface area contributed by atoms with E-state index in [0.717, 1.165) is 11.6 Å². The SMILES string of the molecule is COc1ccc(-c2nc3cc(NC(=S)NC(=O)c4cccc(F)c4)ccc3o2)cc1OC. The zero-order valence-electron chi connectivity index (χ0n) is 17.1. The zero-order valence-corrected chi connectivity index (χ0v) is 18.0. The molecule has 2 N–H and O–H groups in total. The molecular formula is C23H18FN3O4S. The number of rotatable bonds is 5. The zero-order chi connectivity index (χ0) is 22.7. The Kier molecular flexibility index (Phi) is 6.00. The standard InChI is InChI=1S/C23H18FN3O4S/c1-29-19-8-6-14(11-20(19)30-2)22-26-17-12-16(7-9-18(17)31-22)25-23(32)27-21(28)13-4-3-5-15(24)10-13/h3-12H,1-2H3,(H2,25,27,28,32). The molecule has 7 nitrogen and oxygen atoms in total. The molecule has 0 aliphatic rings. The number of halogens is 1. The molecule has 0 fully saturated rings. The van der Waals surface area contributed by atoms with Crippen molar-refractivity contribution in [1.82, 2.24) is 10.3 Å². The van der Waals surface area contributed by atoms with Crippen LogP contribution in [0, 0.1) is 5.82 Å². The number of aromatic nitrogens is 1. The van der Waals surface area contributed by atoms with Crippen molar-refractivity contribution in [3.05, 3.63) is 72.0 Å². The number of hydrogen-bond donors (Lipinski definition) is 2. The summed E-state index contributed by atoms with van der Waals surface area (Å²) >= 11 is 5.19. The maximum atomic E-state index is 13.3. The van der Waals surface area contributed by atoms with Crippen LogP contribution in [0.25, 0.3) is 22.6 Å². The van der Waals surface area contributed by atoms with E-state index in [1.165, 1.54) is 18.2 Å². The van der Waals surface area contributed by atoms with Gasteiger partial charge in [0, 0.05) is 16.8 Å². The molecular weight excluding hydrogens is 433 g/mol. The van der Waals surface area contributed by atoms with Crippen LogP contribution in [0.15, 0.2) is 65.1 Å². The molecule has 0 aliphatic heterocycles. The first kappa shape index (κ1) is 21.3. The monoisotopic (exact) mass is 451 g/mol. The second kappa shape index (κ2) is 9.03. The smallest absolute Gasteiger partial charge is 0.257 e. The van der Waals surface area contributed by atoms with Crippen molar-refractivity contribution < 1.29 is 23.1 Å². The molecule has 1 heterocycles. The van der Waals surface area contributed by atoms with Crippen LogP contribution in [0.2, 0.25) is 0 Å². The molecule has 3 aromatic carbocycles. The molecule has 0 spiro atoms. The third kappa shape index (κ3) is 4.52. The molecule has 1 amide bonds. The summed E-state index contributed by atoms with van der Waals surface area (Å²) in [5.74, 6) is 0.570. The fourth-order valence-corrected chi connectivity index (χ4v) is 3.28. The van der Waals surface area contributed by atoms with Crippen LogP contribution in [0.4, 0.5) is 10.1 Å². The fourth-order valence-electron chi connectivity index (χ4n) is 3.07. The van der Waals surface area contributed by atoms with E-state index in [2.05, 4.69) is 15.6 Å². The van der Waals surface area contributed by atoms with Gasteiger partial charge in [-0.15, -0.1) is 0 Å². The summed E-state index contributed by atoms with van der Waals surface area (Å²) in [6.45, 7) is 0. The Bertz CT molecular complexity index is 1320. The summed E-state index contributed by atoms with van der Waals surface area (Å²) in [7, 11) is 3.12. The highest BCUT2D eigenvalue weighted by Crippen LogP contribution is 2.33. The third-order valence-corrected chi connectivity index (χ3v) is 4.79. The second-order valence-electron chi connectivity index (χ2n) is 6.69. The molecule has 0 atom stereocenters. The fraction of sp³-hybridized carbons (Fsp3) is 0.0870. The predicted octanol–water partition coefficient (Wildman–Crippen LogP) is 4.78. The van der Waals surface area contributed by atoms with E-state index >= 15 is 0 Å². The number of ether oxygens (including phenoxy) is 2. The quantitative estimate of drug-likeness (QED) is 0.423. The average molecular weight is 451 g/mol. The van der Waals surface area contributed by atoms with E-state index in [1.54, 1.807) is 44.6 Å². The van der Waals surface area contributed by atoms with Crippen LogP contribution in [0.1, 0.15) is 10.4 Å². The van der Waals surface area contributed by atoms with Gasteiger partial charge < -0.3 is 19.2 Å². The molecule has 0 saturated carbocycles. The lowest BCUT2D eigenvalue weighted by Crippen LogP contribution is -2.34. The number of nitrogens with zero attached hydrogens (tertiary/aromatic N) is 1. The Morgan fingerprint density at radius 1 is 1.03 bits per heavy atom. The van der Waals surface area contributed by atoms with Gasteiger partial charge in [-0.2, -0.15) is 0 Å². The largest absolute Gasteiger partial charge is 0.493 e. The van der Waals surface area contributed by atoms with E-state index < -0.39 is 11.7 Å². The Labute approximate surface area is 188 Å². The van der Waals surface area contributed by atoms with Crippen molar-refractivity contribution in [3.8, 4) is 23.0 Å². The number of amides is 1. The lowest BCUT2D eigenvalue weighted by atomic mass is 10.2. The number of carbonyl (C=O) groups excluding carboxylic acids is 1. The van der Waals surface area contributed by atoms with E-state index in [1.807, 2.05) is 6.07 Å². The normalized spacial score (nSPS) is 10.6. The number of nitrogens with one attached hydrogen (secondary N) is 2. The molecule has 1 aromatic heterocycles. The van der Waals surface area contributed by atoms with Crippen molar-refractivity contribution in [2.75, 3.05) is 19.5 Å². The number of thiocarbonyl (C=S) groups is 1. The molecule has 9 heteroatoms. The summed E-state index contributed by atoms with van der Waals surface area (Å²) in [6.07, 6.45) is 0. The van der Waals surface area contributed by atoms with Crippen LogP contribution in [0.3, 0.4) is 0 Å². The lowest BCUT2D eigenvalue weighted by Gasteiger charge is -2.09. The Morgan fingerprint density at radius 2 is 1.84 bits per heavy atom. The van der Waals surface area contributed by atoms with Gasteiger partial charge >= 0.3 is 0 Å². The van der Waals surface area contributed by atoms with Crippen molar-refractivity contribution in [2.45, 2.75) is 0 Å². The van der Waals surface area contributed by atoms with Crippen molar-refractivity contribution in [2.24, 2.45) is 0 Å². The van der Waals surface area contributed by atoms with Gasteiger partial charge in [-0.05, 0) is 66.8 Å². The van der Waals surface area contributed by atoms with E-state index in [9.17, 15) is 9.18 Å². The highest BCUT2D eigenvalue weighted by atomic mass is 32.1. The van der Waals surface area contributed by atoms with Gasteiger partial charge in [-0.25, -0.2) is 9.37 Å². The van der Waals surface area contributed by atoms with E-state index in [-0.39, 0.29) is 10.7 Å². The number of methoxy groups -OCH3 is 2. The average Bonchev–Trinajstić information content (AvgIpc) is 3.22. The molecule has 4 aromatic rings. The van der Waals surface area contributed by atoms with Gasteiger partial charge in [0.2, 0.25) is 5.89 Å². The van der Waals surface area contributed by atoms with Crippen molar-refractivity contribution >= 4 is 40.0 Å². The molecule has 4 rings (SSSR count). The lowest BCUT2D eigenvalue weighted by molar-refractivity contribution is 0.0977. The second-order valence-corrected chi connectivity index (χ2v) is 7.10. The number of hydrogen-bond acceptors (Lipinski definition) is 6. The van der Waals surface area contributed by atoms with Gasteiger partial charge in [-0.3, -0.25) is 10.1 Å². The molecule has 32 heavy (non-hydrogen) atoms. The molecule has 0 bridgehead atoms. The van der Waals surface area contributed by atoms with Gasteiger partial charge in [0.25, 0.3) is 5.91 Å². The van der Waals surface area contributed by atoms with E-state index in [4.69, 9.17) is 26.1 Å². The summed E-state index contributed by atoms with van der Waals surface area (Å²) in [5, 5.41) is 5.51. The number of fused-ring (bicyclic) bond motifs is 1. The highest BCUT2D eigenvalue weighted by Gasteiger charge is 2.13. The van der Waals surface area contributed by atoms with E-state index in [0.29, 0.717) is 34.2 Å². The topological polar surface area (TPSA) is 85.6 Å². The molecule has 162 valence electrons. The van der Waals surface area contributed by atoms with Gasteiger partial charge in [0.05, 0.1) is 14.2 Å². The number of carbonyl (C=O) groups is 1. The third-order valence-electron chi connectivity index (χ3n) is 4.59. The maximum absolute atomic E-state index is 13.3. The minimum absolute atomic E-state index is 0.0715. The summed E-state index contributed by atoms with van der Waals surface area (Å²) < 4.78 is 29.7. The first-order valence-corrected chi connectivity index (χ1v) is 9.88. The van der Waals surface area contributed by atoms with Crippen LogP contribution < -0.4 is 20.1 Å². The summed E-state index contributed by atoms with van der Waals surface area (Å²) in [4.78, 5) is 16.7. The van der Waals surface area contributed by atoms with Crippen LogP contribution >= 0.6 is 12.2 Å². The molecule has 0 radical (unpaired) electrons. The Hall–Kier alpha value is -3.98. The van der Waals surface area contributed by atoms with Crippen molar-refractivity contribution in [3.63, 3.8) is 0 Å². The van der Waals surface area contributed by atoms with Crippen LogP contribution in [0.5, 0.6) is 11.5 Å². The maximum Gasteiger partial charge on any atom is 0.257 e. The molecule has 0 aliphatic carbocycles. The van der Waals surface area contributed by atoms with Gasteiger partial charge in [-0.1, -0.05) is 6.07 Å². The van der Waals surface area contributed by atoms with Gasteiger partial charge in [0.1, 0.15) is 11.3 Å². The first-order chi connectivity index (χ1) is 15.5. The number of benzene rings is 3. The predicted molar refractivity (Wildman–Crippen MR) is 123 cm³/mol. The van der Waals surface area contributed by atoms with Crippen LogP contribution in [-0.4, -0.2) is 30.2 Å². The Balaban J connectivity index is 1.50. The minimum Gasteiger partial charge on any atom is -0.493 e. The Morgan fingerprint density at radius 3 is 2.59 bits per heavy atom. The molecule has 0 unspecified atom stereocenters. The summed E-state index contributed by atoms with van der Waals surface area (Å²) in [5.41, 5.74) is 2.68. The van der Waals surface area contributed by atoms with Crippen LogP contribution in [-0.2, 0) is 0 Å².